The summed E-state index contributed by atoms with van der Waals surface area (Å²) in [6.45, 7) is 5.19. The third-order valence-electron chi connectivity index (χ3n) is 1.61. The molecule has 0 fully saturated rings. The summed E-state index contributed by atoms with van der Waals surface area (Å²) in [7, 11) is 0. The van der Waals surface area contributed by atoms with E-state index < -0.39 is 0 Å². The summed E-state index contributed by atoms with van der Waals surface area (Å²) < 4.78 is 0. The Labute approximate surface area is 82.7 Å². The number of rotatable bonds is 3. The zero-order chi connectivity index (χ0) is 10.6. The monoisotopic (exact) mass is 191 g/mol. The van der Waals surface area contributed by atoms with Crippen LogP contribution in [0.3, 0.4) is 0 Å². The summed E-state index contributed by atoms with van der Waals surface area (Å²) >= 11 is 0. The number of anilines is 2. The van der Waals surface area contributed by atoms with E-state index in [0.717, 1.165) is 5.56 Å². The van der Waals surface area contributed by atoms with Crippen molar-refractivity contribution in [1.29, 1.82) is 0 Å². The molecule has 0 unspecified atom stereocenters. The van der Waals surface area contributed by atoms with E-state index in [-0.39, 0.29) is 0 Å². The molecule has 0 aliphatic heterocycles. The second-order valence-electron chi connectivity index (χ2n) is 2.86. The largest absolute Gasteiger partial charge is 0.399 e. The normalized spacial score (nSPS) is 10.4. The molecule has 1 aromatic carbocycles. The Morgan fingerprint density at radius 1 is 1.43 bits per heavy atom. The van der Waals surface area contributed by atoms with Crippen LogP contribution in [0.4, 0.5) is 11.4 Å². The van der Waals surface area contributed by atoms with Gasteiger partial charge >= 0.3 is 0 Å². The average Bonchev–Trinajstić information content (AvgIpc) is 2.12. The highest BCUT2D eigenvalue weighted by Gasteiger charge is 2.00. The Bertz CT molecular complexity index is 338. The number of aryl methyl sites for hydroxylation is 1. The molecule has 0 spiro atoms. The summed E-state index contributed by atoms with van der Waals surface area (Å²) in [5.74, 6) is 5.61. The Balaban J connectivity index is 2.94. The Morgan fingerprint density at radius 3 is 2.71 bits per heavy atom. The van der Waals surface area contributed by atoms with Gasteiger partial charge in [-0.05, 0) is 37.4 Å². The predicted octanol–water partition coefficient (Wildman–Crippen LogP) is 0.901. The fourth-order valence-electron chi connectivity index (χ4n) is 1.08. The van der Waals surface area contributed by atoms with Crippen LogP contribution in [0.15, 0.2) is 28.3 Å². The summed E-state index contributed by atoms with van der Waals surface area (Å²) in [6.07, 6.45) is 1.26. The van der Waals surface area contributed by atoms with E-state index in [1.807, 2.05) is 19.1 Å². The maximum atomic E-state index is 5.66. The Morgan fingerprint density at radius 2 is 2.14 bits per heavy atom. The van der Waals surface area contributed by atoms with Gasteiger partial charge in [-0.1, -0.05) is 0 Å². The van der Waals surface area contributed by atoms with Crippen molar-refractivity contribution in [3.8, 4) is 0 Å². The van der Waals surface area contributed by atoms with E-state index in [4.69, 9.17) is 11.6 Å². The topological polar surface area (TPSA) is 80.0 Å². The molecule has 14 heavy (non-hydrogen) atoms. The van der Waals surface area contributed by atoms with Gasteiger partial charge in [0.05, 0.1) is 5.69 Å². The Kier molecular flexibility index (Phi) is 3.19. The van der Waals surface area contributed by atoms with Gasteiger partial charge in [-0.3, -0.25) is 4.99 Å². The molecule has 1 rings (SSSR count). The van der Waals surface area contributed by atoms with Gasteiger partial charge in [0, 0.05) is 5.69 Å². The van der Waals surface area contributed by atoms with E-state index in [1.165, 1.54) is 11.5 Å². The number of nitrogens with two attached hydrogens (primary N) is 2. The molecule has 0 saturated heterocycles. The number of benzene rings is 1. The van der Waals surface area contributed by atoms with Crippen LogP contribution in [-0.4, -0.2) is 13.1 Å². The molecule has 0 bridgehead atoms. The highest BCUT2D eigenvalue weighted by Crippen LogP contribution is 2.18. The number of hydrazone groups is 1. The average molecular weight is 191 g/mol. The first-order valence-corrected chi connectivity index (χ1v) is 4.04. The van der Waals surface area contributed by atoms with Crippen molar-refractivity contribution in [3.05, 3.63) is 23.8 Å². The summed E-state index contributed by atoms with van der Waals surface area (Å²) in [4.78, 5) is 3.45. The Hall–Kier alpha value is -1.88. The van der Waals surface area contributed by atoms with Crippen LogP contribution in [0, 0.1) is 6.92 Å². The SMILES string of the molecule is C=N/C=N\N(N)c1cc(C)cc(N)c1. The van der Waals surface area contributed by atoms with Crippen molar-refractivity contribution in [2.24, 2.45) is 15.9 Å². The molecule has 5 heteroatoms. The minimum Gasteiger partial charge on any atom is -0.399 e. The van der Waals surface area contributed by atoms with Gasteiger partial charge in [-0.15, -0.1) is 5.10 Å². The molecule has 5 nitrogen and oxygen atoms in total. The lowest BCUT2D eigenvalue weighted by atomic mass is 10.2. The molecule has 1 aromatic rings. The van der Waals surface area contributed by atoms with Gasteiger partial charge in [0.15, 0.2) is 0 Å². The van der Waals surface area contributed by atoms with E-state index in [0.29, 0.717) is 11.4 Å². The molecular weight excluding hydrogens is 178 g/mol. The van der Waals surface area contributed by atoms with Crippen LogP contribution >= 0.6 is 0 Å². The first-order valence-electron chi connectivity index (χ1n) is 4.04. The molecular formula is C9H13N5. The minimum atomic E-state index is 0.650. The number of hydrogen-bond acceptors (Lipinski definition) is 4. The van der Waals surface area contributed by atoms with Gasteiger partial charge in [0.1, 0.15) is 6.34 Å². The maximum absolute atomic E-state index is 5.66. The first-order chi connectivity index (χ1) is 6.63. The predicted molar refractivity (Wildman–Crippen MR) is 60.3 cm³/mol. The van der Waals surface area contributed by atoms with E-state index >= 15 is 0 Å². The zero-order valence-corrected chi connectivity index (χ0v) is 8.01. The third-order valence-corrected chi connectivity index (χ3v) is 1.61. The lowest BCUT2D eigenvalue weighted by Gasteiger charge is -2.12. The highest BCUT2D eigenvalue weighted by atomic mass is 15.6. The lowest BCUT2D eigenvalue weighted by molar-refractivity contribution is 0.928. The molecule has 0 atom stereocenters. The zero-order valence-electron chi connectivity index (χ0n) is 8.01. The second kappa shape index (κ2) is 4.38. The van der Waals surface area contributed by atoms with Crippen molar-refractivity contribution < 1.29 is 0 Å². The van der Waals surface area contributed by atoms with Crippen molar-refractivity contribution in [2.75, 3.05) is 10.9 Å². The first kappa shape index (κ1) is 10.2. The van der Waals surface area contributed by atoms with Crippen LogP contribution in [0.1, 0.15) is 5.56 Å². The molecule has 0 aliphatic rings. The third kappa shape index (κ3) is 2.56. The second-order valence-corrected chi connectivity index (χ2v) is 2.86. The fourth-order valence-corrected chi connectivity index (χ4v) is 1.08. The van der Waals surface area contributed by atoms with Crippen molar-refractivity contribution in [1.82, 2.24) is 0 Å². The highest BCUT2D eigenvalue weighted by molar-refractivity contribution is 5.65. The molecule has 4 N–H and O–H groups in total. The van der Waals surface area contributed by atoms with Crippen LogP contribution in [-0.2, 0) is 0 Å². The summed E-state index contributed by atoms with van der Waals surface area (Å²) in [6, 6.07) is 5.46. The minimum absolute atomic E-state index is 0.650. The van der Waals surface area contributed by atoms with Crippen molar-refractivity contribution in [3.63, 3.8) is 0 Å². The van der Waals surface area contributed by atoms with E-state index in [9.17, 15) is 0 Å². The summed E-state index contributed by atoms with van der Waals surface area (Å²) in [5, 5.41) is 4.99. The lowest BCUT2D eigenvalue weighted by Crippen LogP contribution is -2.24. The number of nitrogens with zero attached hydrogens (tertiary/aromatic N) is 3. The fraction of sp³-hybridized carbons (Fsp3) is 0.111. The van der Waals surface area contributed by atoms with Crippen molar-refractivity contribution >= 4 is 24.4 Å². The quantitative estimate of drug-likeness (QED) is 0.245. The van der Waals surface area contributed by atoms with Gasteiger partial charge in [-0.25, -0.2) is 5.84 Å². The standard InChI is InChI=1S/C9H13N5/c1-7-3-8(10)5-9(4-7)14(11)13-6-12-2/h3-6H,2,10-11H2,1H3/b13-6-. The van der Waals surface area contributed by atoms with Gasteiger partial charge in [0.2, 0.25) is 0 Å². The van der Waals surface area contributed by atoms with E-state index in [2.05, 4.69) is 16.8 Å². The van der Waals surface area contributed by atoms with Crippen LogP contribution < -0.4 is 16.7 Å². The number of hydrogen-bond donors (Lipinski definition) is 2. The molecule has 0 heterocycles. The van der Waals surface area contributed by atoms with Crippen LogP contribution in [0.25, 0.3) is 0 Å². The molecule has 0 radical (unpaired) electrons. The molecule has 0 aromatic heterocycles. The van der Waals surface area contributed by atoms with Gasteiger partial charge in [0.25, 0.3) is 0 Å². The summed E-state index contributed by atoms with van der Waals surface area (Å²) in [5.41, 5.74) is 8.04. The maximum Gasteiger partial charge on any atom is 0.136 e. The molecule has 0 amide bonds. The number of nitrogen functional groups attached to an aromatic ring is 1. The van der Waals surface area contributed by atoms with Crippen molar-refractivity contribution in [2.45, 2.75) is 6.92 Å². The molecule has 74 valence electrons. The van der Waals surface area contributed by atoms with Gasteiger partial charge in [-0.2, -0.15) is 5.12 Å². The molecule has 0 aliphatic carbocycles. The molecule has 0 saturated carbocycles. The van der Waals surface area contributed by atoms with E-state index in [1.54, 1.807) is 6.07 Å². The van der Waals surface area contributed by atoms with Crippen LogP contribution in [0.2, 0.25) is 0 Å². The number of hydrazine groups is 1. The number of aliphatic imine (C=N–C) groups is 1. The smallest absolute Gasteiger partial charge is 0.136 e. The van der Waals surface area contributed by atoms with Crippen LogP contribution in [0.5, 0.6) is 0 Å². The van der Waals surface area contributed by atoms with Gasteiger partial charge < -0.3 is 5.73 Å².